The summed E-state index contributed by atoms with van der Waals surface area (Å²) in [6.07, 6.45) is 0. The van der Waals surface area contributed by atoms with E-state index in [1.807, 2.05) is 11.7 Å². The van der Waals surface area contributed by atoms with Crippen molar-refractivity contribution >= 4 is 22.6 Å². The summed E-state index contributed by atoms with van der Waals surface area (Å²) in [5.74, 6) is 0.736. The molecule has 0 amide bonds. The van der Waals surface area contributed by atoms with Gasteiger partial charge in [0.1, 0.15) is 3.70 Å². The number of aromatic nitrogens is 2. The van der Waals surface area contributed by atoms with Crippen LogP contribution in [-0.2, 0) is 12.5 Å². The lowest BCUT2D eigenvalue weighted by Crippen LogP contribution is -2.13. The van der Waals surface area contributed by atoms with Gasteiger partial charge in [-0.25, -0.2) is 0 Å². The first-order valence-electron chi connectivity index (χ1n) is 4.15. The third kappa shape index (κ3) is 1.98. The number of ether oxygens (including phenoxy) is 1. The average molecular weight is 294 g/mol. The number of aryl methyl sites for hydroxylation is 1. The minimum absolute atomic E-state index is 0.0795. The van der Waals surface area contributed by atoms with E-state index < -0.39 is 0 Å². The summed E-state index contributed by atoms with van der Waals surface area (Å²) in [5, 5.41) is 4.28. The highest BCUT2D eigenvalue weighted by Crippen LogP contribution is 2.33. The van der Waals surface area contributed by atoms with Crippen molar-refractivity contribution in [3.8, 4) is 5.88 Å². The molecule has 1 heterocycles. The predicted molar refractivity (Wildman–Crippen MR) is 61.2 cm³/mol. The van der Waals surface area contributed by atoms with Gasteiger partial charge in [-0.2, -0.15) is 0 Å². The van der Waals surface area contributed by atoms with E-state index in [0.29, 0.717) is 0 Å². The molecular weight excluding hydrogens is 279 g/mol. The van der Waals surface area contributed by atoms with Gasteiger partial charge in [0, 0.05) is 7.05 Å². The summed E-state index contributed by atoms with van der Waals surface area (Å²) in [6, 6.07) is 0. The van der Waals surface area contributed by atoms with E-state index in [4.69, 9.17) is 4.74 Å². The Morgan fingerprint density at radius 3 is 2.23 bits per heavy atom. The van der Waals surface area contributed by atoms with Gasteiger partial charge in [-0.15, -0.1) is 5.10 Å². The fourth-order valence-electron chi connectivity index (χ4n) is 1.25. The monoisotopic (exact) mass is 294 g/mol. The van der Waals surface area contributed by atoms with E-state index in [1.54, 1.807) is 7.11 Å². The molecule has 0 spiro atoms. The molecule has 0 radical (unpaired) electrons. The van der Waals surface area contributed by atoms with Crippen molar-refractivity contribution in [2.45, 2.75) is 26.2 Å². The molecule has 0 fully saturated rings. The van der Waals surface area contributed by atoms with Crippen molar-refractivity contribution in [2.75, 3.05) is 7.11 Å². The van der Waals surface area contributed by atoms with E-state index in [0.717, 1.165) is 9.58 Å². The molecule has 0 aliphatic rings. The largest absolute Gasteiger partial charge is 0.480 e. The molecule has 13 heavy (non-hydrogen) atoms. The first-order valence-corrected chi connectivity index (χ1v) is 5.22. The zero-order chi connectivity index (χ0) is 10.2. The van der Waals surface area contributed by atoms with Crippen molar-refractivity contribution in [1.82, 2.24) is 9.78 Å². The lowest BCUT2D eigenvalue weighted by atomic mass is 9.89. The third-order valence-electron chi connectivity index (χ3n) is 1.89. The highest BCUT2D eigenvalue weighted by Gasteiger charge is 2.26. The van der Waals surface area contributed by atoms with Crippen molar-refractivity contribution < 1.29 is 4.74 Å². The number of rotatable bonds is 1. The summed E-state index contributed by atoms with van der Waals surface area (Å²) in [5.41, 5.74) is 1.26. The number of hydrogen-bond donors (Lipinski definition) is 0. The van der Waals surface area contributed by atoms with Gasteiger partial charge < -0.3 is 4.74 Å². The Labute approximate surface area is 92.6 Å². The lowest BCUT2D eigenvalue weighted by Gasteiger charge is -2.18. The van der Waals surface area contributed by atoms with Crippen molar-refractivity contribution in [1.29, 1.82) is 0 Å². The van der Waals surface area contributed by atoms with Crippen LogP contribution in [0, 0.1) is 3.70 Å². The van der Waals surface area contributed by atoms with Gasteiger partial charge in [0.15, 0.2) is 0 Å². The van der Waals surface area contributed by atoms with Crippen LogP contribution in [0.15, 0.2) is 0 Å². The van der Waals surface area contributed by atoms with Crippen molar-refractivity contribution in [3.05, 3.63) is 9.26 Å². The Kier molecular flexibility index (Phi) is 2.89. The zero-order valence-electron chi connectivity index (χ0n) is 8.68. The fraction of sp³-hybridized carbons (Fsp3) is 0.667. The van der Waals surface area contributed by atoms with E-state index in [2.05, 4.69) is 48.5 Å². The molecule has 0 unspecified atom stereocenters. The van der Waals surface area contributed by atoms with Gasteiger partial charge in [0.05, 0.1) is 12.7 Å². The maximum atomic E-state index is 5.24. The first-order chi connectivity index (χ1) is 5.88. The maximum absolute atomic E-state index is 5.24. The number of halogens is 1. The summed E-state index contributed by atoms with van der Waals surface area (Å²) in [7, 11) is 3.59. The summed E-state index contributed by atoms with van der Waals surface area (Å²) >= 11 is 2.29. The second-order valence-electron chi connectivity index (χ2n) is 4.05. The SMILES string of the molecule is COc1nn(C)c(I)c1C(C)(C)C. The zero-order valence-corrected chi connectivity index (χ0v) is 10.8. The molecule has 0 bridgehead atoms. The van der Waals surface area contributed by atoms with Gasteiger partial charge >= 0.3 is 0 Å². The molecule has 0 saturated heterocycles. The number of hydrogen-bond acceptors (Lipinski definition) is 2. The van der Waals surface area contributed by atoms with Gasteiger partial charge in [0.2, 0.25) is 5.88 Å². The number of nitrogens with zero attached hydrogens (tertiary/aromatic N) is 2. The van der Waals surface area contributed by atoms with Gasteiger partial charge in [0.25, 0.3) is 0 Å². The molecule has 0 aromatic carbocycles. The predicted octanol–water partition coefficient (Wildman–Crippen LogP) is 2.33. The van der Waals surface area contributed by atoms with Crippen LogP contribution in [0.4, 0.5) is 0 Å². The summed E-state index contributed by atoms with van der Waals surface area (Å²) in [6.45, 7) is 6.48. The van der Waals surface area contributed by atoms with Gasteiger partial charge in [-0.3, -0.25) is 4.68 Å². The Morgan fingerprint density at radius 2 is 1.92 bits per heavy atom. The molecule has 3 nitrogen and oxygen atoms in total. The molecule has 1 rings (SSSR count). The van der Waals surface area contributed by atoms with Gasteiger partial charge in [-0.1, -0.05) is 20.8 Å². The van der Waals surface area contributed by atoms with E-state index in [1.165, 1.54) is 5.56 Å². The molecule has 74 valence electrons. The smallest absolute Gasteiger partial charge is 0.237 e. The second-order valence-corrected chi connectivity index (χ2v) is 5.07. The minimum Gasteiger partial charge on any atom is -0.480 e. The lowest BCUT2D eigenvalue weighted by molar-refractivity contribution is 0.379. The molecule has 1 aromatic rings. The van der Waals surface area contributed by atoms with E-state index >= 15 is 0 Å². The van der Waals surface area contributed by atoms with Crippen molar-refractivity contribution in [3.63, 3.8) is 0 Å². The highest BCUT2D eigenvalue weighted by atomic mass is 127. The molecule has 1 aromatic heterocycles. The quantitative estimate of drug-likeness (QED) is 0.743. The Hall–Kier alpha value is -0.260. The standard InChI is InChI=1S/C9H15IN2O/c1-9(2,3)6-7(10)12(4)11-8(6)13-5/h1-5H3. The van der Waals surface area contributed by atoms with Crippen LogP contribution in [0.3, 0.4) is 0 Å². The minimum atomic E-state index is 0.0795. The Bertz CT molecular complexity index is 312. The average Bonchev–Trinajstić information content (AvgIpc) is 2.26. The Balaban J connectivity index is 3.33. The molecule has 4 heteroatoms. The van der Waals surface area contributed by atoms with Crippen LogP contribution in [0.25, 0.3) is 0 Å². The molecule has 0 N–H and O–H groups in total. The Morgan fingerprint density at radius 1 is 1.38 bits per heavy atom. The van der Waals surface area contributed by atoms with Crippen LogP contribution in [0.5, 0.6) is 5.88 Å². The van der Waals surface area contributed by atoms with Crippen molar-refractivity contribution in [2.24, 2.45) is 7.05 Å². The molecule has 0 aliphatic heterocycles. The normalized spacial score (nSPS) is 11.8. The first kappa shape index (κ1) is 10.8. The third-order valence-corrected chi connectivity index (χ3v) is 3.13. The fourth-order valence-corrected chi connectivity index (χ4v) is 2.40. The second kappa shape index (κ2) is 3.48. The van der Waals surface area contributed by atoms with Crippen LogP contribution in [-0.4, -0.2) is 16.9 Å². The summed E-state index contributed by atoms with van der Waals surface area (Å²) in [4.78, 5) is 0. The van der Waals surface area contributed by atoms with Gasteiger partial charge in [-0.05, 0) is 28.0 Å². The van der Waals surface area contributed by atoms with E-state index in [9.17, 15) is 0 Å². The van der Waals surface area contributed by atoms with E-state index in [-0.39, 0.29) is 5.41 Å². The topological polar surface area (TPSA) is 27.1 Å². The van der Waals surface area contributed by atoms with Crippen LogP contribution in [0.1, 0.15) is 26.3 Å². The van der Waals surface area contributed by atoms with Crippen LogP contribution < -0.4 is 4.74 Å². The molecule has 0 atom stereocenters. The summed E-state index contributed by atoms with van der Waals surface area (Å²) < 4.78 is 8.22. The molecular formula is C9H15IN2O. The maximum Gasteiger partial charge on any atom is 0.237 e. The number of methoxy groups -OCH3 is 1. The molecule has 0 saturated carbocycles. The van der Waals surface area contributed by atoms with Crippen LogP contribution >= 0.6 is 22.6 Å². The highest BCUT2D eigenvalue weighted by molar-refractivity contribution is 14.1. The molecule has 0 aliphatic carbocycles. The van der Waals surface area contributed by atoms with Crippen LogP contribution in [0.2, 0.25) is 0 Å².